The van der Waals surface area contributed by atoms with Gasteiger partial charge in [0, 0.05) is 21.4 Å². The molecule has 44 heavy (non-hydrogen) atoms. The number of aliphatic hydroxyl groups is 1. The molecule has 1 fully saturated rings. The second-order valence-electron chi connectivity index (χ2n) is 9.90. The number of thioether (sulfide) groups is 1. The first-order valence-corrected chi connectivity index (χ1v) is 16.0. The van der Waals surface area contributed by atoms with Crippen molar-refractivity contribution in [3.8, 4) is 11.5 Å². The topological polar surface area (TPSA) is 92.6 Å². The maximum Gasteiger partial charge on any atom is 0.301 e. The molecule has 1 unspecified atom stereocenters. The van der Waals surface area contributed by atoms with Gasteiger partial charge in [-0.3, -0.25) is 14.5 Å². The molecule has 11 heteroatoms. The highest BCUT2D eigenvalue weighted by molar-refractivity contribution is 8.00. The molecule has 1 saturated heterocycles. The monoisotopic (exact) mass is 659 g/mol. The molecule has 1 atom stereocenters. The van der Waals surface area contributed by atoms with Crippen molar-refractivity contribution in [1.29, 1.82) is 0 Å². The summed E-state index contributed by atoms with van der Waals surface area (Å²) < 4.78 is 6.62. The summed E-state index contributed by atoms with van der Waals surface area (Å²) in [5.74, 6) is -0.278. The number of Topliss-reactive ketones (excluding diaryl/α,β-unsaturated/α-hetero) is 1. The standard InChI is InChI=1S/C33H23Cl2N3O4S2/c1-19-10-12-20(13-11-19)29(39)27-28(21-6-5-9-25(16-21)42-24-7-3-2-4-8-24)38(31(41)30(27)40)32-36-37-33(44-32)43-18-22-14-15-23(34)17-26(22)35/h2-17,28,39H,18H2,1H3/b29-27-. The summed E-state index contributed by atoms with van der Waals surface area (Å²) in [6.45, 7) is 1.92. The highest BCUT2D eigenvalue weighted by Crippen LogP contribution is 2.45. The van der Waals surface area contributed by atoms with Gasteiger partial charge in [-0.05, 0) is 54.4 Å². The first-order valence-electron chi connectivity index (χ1n) is 13.4. The van der Waals surface area contributed by atoms with E-state index in [2.05, 4.69) is 10.2 Å². The lowest BCUT2D eigenvalue weighted by atomic mass is 9.95. The fraction of sp³-hybridized carbons (Fsp3) is 0.0909. The van der Waals surface area contributed by atoms with Gasteiger partial charge in [-0.25, -0.2) is 0 Å². The third-order valence-corrected chi connectivity index (χ3v) is 9.58. The van der Waals surface area contributed by atoms with Crippen molar-refractivity contribution in [3.05, 3.63) is 135 Å². The summed E-state index contributed by atoms with van der Waals surface area (Å²) in [6.07, 6.45) is 0. The van der Waals surface area contributed by atoms with Crippen LogP contribution in [0.1, 0.15) is 28.3 Å². The van der Waals surface area contributed by atoms with E-state index in [9.17, 15) is 14.7 Å². The number of hydrogen-bond acceptors (Lipinski definition) is 8. The average Bonchev–Trinajstić information content (AvgIpc) is 3.59. The van der Waals surface area contributed by atoms with Gasteiger partial charge in [0.2, 0.25) is 5.13 Å². The fourth-order valence-electron chi connectivity index (χ4n) is 4.72. The van der Waals surface area contributed by atoms with Gasteiger partial charge in [-0.1, -0.05) is 113 Å². The molecule has 4 aromatic carbocycles. The van der Waals surface area contributed by atoms with Crippen LogP contribution < -0.4 is 9.64 Å². The smallest absolute Gasteiger partial charge is 0.301 e. The number of aliphatic hydroxyl groups excluding tert-OH is 1. The lowest BCUT2D eigenvalue weighted by Crippen LogP contribution is -2.29. The maximum atomic E-state index is 13.6. The van der Waals surface area contributed by atoms with Crippen LogP contribution >= 0.6 is 46.3 Å². The number of para-hydroxylation sites is 1. The van der Waals surface area contributed by atoms with Crippen molar-refractivity contribution >= 4 is 68.9 Å². The lowest BCUT2D eigenvalue weighted by molar-refractivity contribution is -0.132. The Labute approximate surface area is 271 Å². The molecule has 0 radical (unpaired) electrons. The number of carbonyl (C=O) groups excluding carboxylic acids is 2. The van der Waals surface area contributed by atoms with Gasteiger partial charge in [-0.2, -0.15) is 0 Å². The Bertz CT molecular complexity index is 1900. The first kappa shape index (κ1) is 29.9. The van der Waals surface area contributed by atoms with E-state index in [1.165, 1.54) is 28.0 Å². The fourth-order valence-corrected chi connectivity index (χ4v) is 7.15. The van der Waals surface area contributed by atoms with Gasteiger partial charge in [0.1, 0.15) is 17.3 Å². The minimum absolute atomic E-state index is 0.0481. The Morgan fingerprint density at radius 2 is 1.68 bits per heavy atom. The third kappa shape index (κ3) is 6.23. The summed E-state index contributed by atoms with van der Waals surface area (Å²) in [5, 5.41) is 21.3. The number of nitrogens with zero attached hydrogens (tertiary/aromatic N) is 3. The van der Waals surface area contributed by atoms with E-state index in [0.717, 1.165) is 11.1 Å². The molecule has 220 valence electrons. The van der Waals surface area contributed by atoms with Crippen LogP contribution in [0, 0.1) is 6.92 Å². The minimum atomic E-state index is -0.980. The molecule has 1 aliphatic rings. The molecule has 7 nitrogen and oxygen atoms in total. The largest absolute Gasteiger partial charge is 0.507 e. The molecule has 1 aliphatic heterocycles. The molecule has 2 heterocycles. The van der Waals surface area contributed by atoms with Gasteiger partial charge < -0.3 is 9.84 Å². The van der Waals surface area contributed by atoms with Crippen LogP contribution in [0.25, 0.3) is 5.76 Å². The molecule has 0 bridgehead atoms. The summed E-state index contributed by atoms with van der Waals surface area (Å²) >= 11 is 14.9. The molecule has 0 saturated carbocycles. The summed E-state index contributed by atoms with van der Waals surface area (Å²) in [6, 6.07) is 27.7. The Kier molecular flexibility index (Phi) is 8.72. The van der Waals surface area contributed by atoms with Crippen LogP contribution in [-0.4, -0.2) is 27.0 Å². The maximum absolute atomic E-state index is 13.6. The zero-order valence-electron chi connectivity index (χ0n) is 23.1. The molecule has 1 amide bonds. The zero-order chi connectivity index (χ0) is 30.8. The van der Waals surface area contributed by atoms with Gasteiger partial charge >= 0.3 is 5.91 Å². The molecule has 1 aromatic heterocycles. The number of ketones is 1. The van der Waals surface area contributed by atoms with Crippen molar-refractivity contribution in [2.75, 3.05) is 4.90 Å². The number of halogens is 2. The quantitative estimate of drug-likeness (QED) is 0.0585. The van der Waals surface area contributed by atoms with Crippen LogP contribution in [-0.2, 0) is 15.3 Å². The number of aromatic nitrogens is 2. The van der Waals surface area contributed by atoms with Crippen molar-refractivity contribution < 1.29 is 19.4 Å². The molecule has 5 aromatic rings. The van der Waals surface area contributed by atoms with E-state index in [0.29, 0.717) is 42.8 Å². The van der Waals surface area contributed by atoms with Crippen LogP contribution in [0.15, 0.2) is 107 Å². The van der Waals surface area contributed by atoms with Crippen molar-refractivity contribution in [2.24, 2.45) is 0 Å². The van der Waals surface area contributed by atoms with Gasteiger partial charge in [0.25, 0.3) is 5.78 Å². The van der Waals surface area contributed by atoms with Crippen LogP contribution in [0.3, 0.4) is 0 Å². The van der Waals surface area contributed by atoms with Crippen molar-refractivity contribution in [2.45, 2.75) is 23.1 Å². The molecular formula is C33H23Cl2N3O4S2. The number of amides is 1. The zero-order valence-corrected chi connectivity index (χ0v) is 26.3. The molecule has 0 aliphatic carbocycles. The van der Waals surface area contributed by atoms with E-state index in [4.69, 9.17) is 27.9 Å². The second kappa shape index (κ2) is 12.8. The van der Waals surface area contributed by atoms with E-state index < -0.39 is 17.7 Å². The van der Waals surface area contributed by atoms with Crippen LogP contribution in [0.2, 0.25) is 10.0 Å². The Morgan fingerprint density at radius 1 is 0.932 bits per heavy atom. The van der Waals surface area contributed by atoms with Crippen LogP contribution in [0.4, 0.5) is 5.13 Å². The normalized spacial score (nSPS) is 16.0. The molecule has 1 N–H and O–H groups in total. The van der Waals surface area contributed by atoms with E-state index in [1.54, 1.807) is 48.5 Å². The molecule has 6 rings (SSSR count). The lowest BCUT2D eigenvalue weighted by Gasteiger charge is -2.23. The highest BCUT2D eigenvalue weighted by atomic mass is 35.5. The van der Waals surface area contributed by atoms with E-state index in [-0.39, 0.29) is 16.5 Å². The Balaban J connectivity index is 1.39. The first-order chi connectivity index (χ1) is 21.3. The van der Waals surface area contributed by atoms with Crippen molar-refractivity contribution in [1.82, 2.24) is 10.2 Å². The highest BCUT2D eigenvalue weighted by Gasteiger charge is 2.48. The Hall–Kier alpha value is -4.15. The van der Waals surface area contributed by atoms with Gasteiger partial charge in [0.15, 0.2) is 4.34 Å². The van der Waals surface area contributed by atoms with Gasteiger partial charge in [0.05, 0.1) is 11.6 Å². The number of carbonyl (C=O) groups is 2. The number of anilines is 1. The number of ether oxygens (including phenoxy) is 1. The van der Waals surface area contributed by atoms with Gasteiger partial charge in [-0.15, -0.1) is 10.2 Å². The number of benzene rings is 4. The predicted molar refractivity (Wildman–Crippen MR) is 175 cm³/mol. The number of rotatable bonds is 8. The number of hydrogen-bond donors (Lipinski definition) is 1. The second-order valence-corrected chi connectivity index (χ2v) is 12.9. The number of aryl methyl sites for hydroxylation is 1. The minimum Gasteiger partial charge on any atom is -0.507 e. The summed E-state index contributed by atoms with van der Waals surface area (Å²) in [7, 11) is 0. The SMILES string of the molecule is Cc1ccc(/C(O)=C2/C(=O)C(=O)N(c3nnc(SCc4ccc(Cl)cc4Cl)s3)C2c2cccc(Oc3ccccc3)c2)cc1. The average molecular weight is 661 g/mol. The van der Waals surface area contributed by atoms with E-state index >= 15 is 0 Å². The third-order valence-electron chi connectivity index (χ3n) is 6.89. The summed E-state index contributed by atoms with van der Waals surface area (Å²) in [4.78, 5) is 28.5. The Morgan fingerprint density at radius 3 is 2.43 bits per heavy atom. The van der Waals surface area contributed by atoms with Crippen molar-refractivity contribution in [3.63, 3.8) is 0 Å². The molecule has 0 spiro atoms. The van der Waals surface area contributed by atoms with E-state index in [1.807, 2.05) is 55.5 Å². The predicted octanol–water partition coefficient (Wildman–Crippen LogP) is 8.86. The molecular weight excluding hydrogens is 637 g/mol. The summed E-state index contributed by atoms with van der Waals surface area (Å²) in [5.41, 5.74) is 2.79. The van der Waals surface area contributed by atoms with Crippen LogP contribution in [0.5, 0.6) is 11.5 Å².